The Hall–Kier alpha value is -1.32. The first-order valence-electron chi connectivity index (χ1n) is 4.52. The topological polar surface area (TPSA) is 51.0 Å². The van der Waals surface area contributed by atoms with Crippen LogP contribution >= 0.6 is 0 Å². The van der Waals surface area contributed by atoms with Gasteiger partial charge in [-0.1, -0.05) is 11.2 Å². The summed E-state index contributed by atoms with van der Waals surface area (Å²) in [4.78, 5) is 4.22. The second-order valence-corrected chi connectivity index (χ2v) is 3.40. The summed E-state index contributed by atoms with van der Waals surface area (Å²) in [6, 6.07) is 0.654. The first-order valence-corrected chi connectivity index (χ1v) is 4.52. The van der Waals surface area contributed by atoms with Gasteiger partial charge in [-0.2, -0.15) is 4.98 Å². The molecule has 1 unspecified atom stereocenters. The van der Waals surface area contributed by atoms with Crippen molar-refractivity contribution in [3.63, 3.8) is 0 Å². The first-order chi connectivity index (χ1) is 6.29. The van der Waals surface area contributed by atoms with Gasteiger partial charge in [-0.25, -0.2) is 0 Å². The molecule has 70 valence electrons. The van der Waals surface area contributed by atoms with Crippen LogP contribution in [0.3, 0.4) is 0 Å². The van der Waals surface area contributed by atoms with Crippen LogP contribution in [0.15, 0.2) is 17.2 Å². The average Bonchev–Trinajstić information content (AvgIpc) is 2.88. The molecule has 0 amide bonds. The highest BCUT2D eigenvalue weighted by atomic mass is 16.5. The lowest BCUT2D eigenvalue weighted by atomic mass is 10.3. The van der Waals surface area contributed by atoms with Crippen molar-refractivity contribution in [2.75, 3.05) is 5.32 Å². The van der Waals surface area contributed by atoms with Crippen LogP contribution in [-0.4, -0.2) is 16.2 Å². The van der Waals surface area contributed by atoms with Gasteiger partial charge in [0.2, 0.25) is 0 Å². The fraction of sp³-hybridized carbons (Fsp3) is 0.556. The molecule has 2 rings (SSSR count). The van der Waals surface area contributed by atoms with Crippen molar-refractivity contribution in [1.82, 2.24) is 10.1 Å². The summed E-state index contributed by atoms with van der Waals surface area (Å²) in [5.74, 6) is 1.37. The van der Waals surface area contributed by atoms with Crippen LogP contribution < -0.4 is 5.32 Å². The van der Waals surface area contributed by atoms with Gasteiger partial charge in [-0.15, -0.1) is 6.58 Å². The molecule has 13 heavy (non-hydrogen) atoms. The minimum atomic E-state index is 0.160. The van der Waals surface area contributed by atoms with Crippen molar-refractivity contribution in [2.45, 2.75) is 31.7 Å². The zero-order valence-corrected chi connectivity index (χ0v) is 7.66. The molecule has 1 saturated carbocycles. The molecule has 0 bridgehead atoms. The zero-order chi connectivity index (χ0) is 9.26. The van der Waals surface area contributed by atoms with E-state index in [1.165, 1.54) is 12.8 Å². The van der Waals surface area contributed by atoms with Crippen LogP contribution in [0.1, 0.15) is 31.5 Å². The smallest absolute Gasteiger partial charge is 0.321 e. The number of nitrogens with one attached hydrogen (secondary N) is 1. The Morgan fingerprint density at radius 2 is 2.46 bits per heavy atom. The predicted octanol–water partition coefficient (Wildman–Crippen LogP) is 1.93. The van der Waals surface area contributed by atoms with E-state index >= 15 is 0 Å². The van der Waals surface area contributed by atoms with E-state index in [-0.39, 0.29) is 6.04 Å². The quantitative estimate of drug-likeness (QED) is 0.717. The molecule has 0 saturated heterocycles. The van der Waals surface area contributed by atoms with Crippen molar-refractivity contribution in [3.8, 4) is 0 Å². The average molecular weight is 179 g/mol. The molecule has 1 aromatic heterocycles. The van der Waals surface area contributed by atoms with Crippen LogP contribution in [0.25, 0.3) is 0 Å². The molecule has 1 N–H and O–H groups in total. The van der Waals surface area contributed by atoms with Gasteiger partial charge in [0.25, 0.3) is 0 Å². The molecule has 1 atom stereocenters. The van der Waals surface area contributed by atoms with Gasteiger partial charge in [0.1, 0.15) is 0 Å². The van der Waals surface area contributed by atoms with Gasteiger partial charge in [-0.05, 0) is 19.8 Å². The van der Waals surface area contributed by atoms with Crippen LogP contribution in [-0.2, 0) is 0 Å². The fourth-order valence-electron chi connectivity index (χ4n) is 1.05. The number of hydrogen-bond donors (Lipinski definition) is 1. The maximum Gasteiger partial charge on any atom is 0.321 e. The minimum Gasteiger partial charge on any atom is -0.332 e. The Morgan fingerprint density at radius 1 is 1.69 bits per heavy atom. The van der Waals surface area contributed by atoms with E-state index in [0.29, 0.717) is 11.9 Å². The summed E-state index contributed by atoms with van der Waals surface area (Å²) in [5, 5.41) is 6.92. The third-order valence-electron chi connectivity index (χ3n) is 2.09. The van der Waals surface area contributed by atoms with Crippen molar-refractivity contribution in [3.05, 3.63) is 18.5 Å². The number of hydrogen-bond acceptors (Lipinski definition) is 4. The highest BCUT2D eigenvalue weighted by Gasteiger charge is 2.28. The number of nitrogens with zero attached hydrogens (tertiary/aromatic N) is 2. The Labute approximate surface area is 77.0 Å². The maximum absolute atomic E-state index is 5.02. The maximum atomic E-state index is 5.02. The molecule has 1 heterocycles. The van der Waals surface area contributed by atoms with E-state index in [2.05, 4.69) is 22.0 Å². The zero-order valence-electron chi connectivity index (χ0n) is 7.66. The van der Waals surface area contributed by atoms with Crippen molar-refractivity contribution in [2.24, 2.45) is 0 Å². The van der Waals surface area contributed by atoms with Gasteiger partial charge in [0.05, 0.1) is 0 Å². The first kappa shape index (κ1) is 8.29. The van der Waals surface area contributed by atoms with Gasteiger partial charge < -0.3 is 9.84 Å². The predicted molar refractivity (Wildman–Crippen MR) is 49.6 cm³/mol. The number of rotatable bonds is 4. The largest absolute Gasteiger partial charge is 0.332 e. The summed E-state index contributed by atoms with van der Waals surface area (Å²) < 4.78 is 5.02. The van der Waals surface area contributed by atoms with Crippen molar-refractivity contribution < 1.29 is 4.52 Å². The lowest BCUT2D eigenvalue weighted by Crippen LogP contribution is -2.11. The summed E-state index contributed by atoms with van der Waals surface area (Å²) in [7, 11) is 0. The molecule has 1 aliphatic rings. The van der Waals surface area contributed by atoms with E-state index in [9.17, 15) is 0 Å². The van der Waals surface area contributed by atoms with Gasteiger partial charge in [0.15, 0.2) is 5.82 Å². The highest BCUT2D eigenvalue weighted by Crippen LogP contribution is 2.38. The van der Waals surface area contributed by atoms with E-state index in [1.807, 2.05) is 6.92 Å². The second-order valence-electron chi connectivity index (χ2n) is 3.40. The third-order valence-corrected chi connectivity index (χ3v) is 2.09. The summed E-state index contributed by atoms with van der Waals surface area (Å²) in [5.41, 5.74) is 0. The van der Waals surface area contributed by atoms with Crippen LogP contribution in [0, 0.1) is 0 Å². The standard InChI is InChI=1S/C9H13N3O/c1-3-6(2)10-9-11-8(12-13-9)7-4-5-7/h3,6-7H,1,4-5H2,2H3,(H,10,11,12). The molecule has 0 aliphatic heterocycles. The molecular formula is C9H13N3O. The van der Waals surface area contributed by atoms with E-state index in [1.54, 1.807) is 6.08 Å². The van der Waals surface area contributed by atoms with Crippen LogP contribution in [0.5, 0.6) is 0 Å². The highest BCUT2D eigenvalue weighted by molar-refractivity contribution is 5.24. The molecule has 4 nitrogen and oxygen atoms in total. The van der Waals surface area contributed by atoms with Crippen LogP contribution in [0.2, 0.25) is 0 Å². The Kier molecular flexibility index (Phi) is 2.04. The molecule has 0 spiro atoms. The second kappa shape index (κ2) is 3.20. The van der Waals surface area contributed by atoms with Crippen LogP contribution in [0.4, 0.5) is 6.01 Å². The lowest BCUT2D eigenvalue weighted by Gasteiger charge is -2.03. The summed E-state index contributed by atoms with van der Waals surface area (Å²) in [6.07, 6.45) is 4.17. The third kappa shape index (κ3) is 1.88. The Balaban J connectivity index is 2.00. The molecule has 0 radical (unpaired) electrons. The fourth-order valence-corrected chi connectivity index (χ4v) is 1.05. The van der Waals surface area contributed by atoms with E-state index in [0.717, 1.165) is 5.82 Å². The molecule has 1 aromatic rings. The number of anilines is 1. The van der Waals surface area contributed by atoms with Gasteiger partial charge in [0, 0.05) is 12.0 Å². The SMILES string of the molecule is C=CC(C)Nc1nc(C2CC2)no1. The van der Waals surface area contributed by atoms with E-state index in [4.69, 9.17) is 4.52 Å². The molecule has 0 aromatic carbocycles. The number of aromatic nitrogens is 2. The monoisotopic (exact) mass is 179 g/mol. The Bertz CT molecular complexity index is 304. The van der Waals surface area contributed by atoms with E-state index < -0.39 is 0 Å². The molecule has 4 heteroatoms. The summed E-state index contributed by atoms with van der Waals surface area (Å²) in [6.45, 7) is 5.64. The lowest BCUT2D eigenvalue weighted by molar-refractivity contribution is 0.421. The minimum absolute atomic E-state index is 0.160. The molecular weight excluding hydrogens is 166 g/mol. The van der Waals surface area contributed by atoms with Gasteiger partial charge in [-0.3, -0.25) is 0 Å². The molecule has 1 fully saturated rings. The van der Waals surface area contributed by atoms with Crippen molar-refractivity contribution in [1.29, 1.82) is 0 Å². The van der Waals surface area contributed by atoms with Gasteiger partial charge >= 0.3 is 6.01 Å². The van der Waals surface area contributed by atoms with Crippen molar-refractivity contribution >= 4 is 6.01 Å². The normalized spacial score (nSPS) is 18.2. The Morgan fingerprint density at radius 3 is 3.08 bits per heavy atom. The molecule has 1 aliphatic carbocycles. The summed E-state index contributed by atoms with van der Waals surface area (Å²) >= 11 is 0.